The summed E-state index contributed by atoms with van der Waals surface area (Å²) in [5.74, 6) is 0.543. The van der Waals surface area contributed by atoms with Gasteiger partial charge in [-0.05, 0) is 60.0 Å². The predicted octanol–water partition coefficient (Wildman–Crippen LogP) is 6.48. The average Bonchev–Trinajstić information content (AvgIpc) is 3.38. The summed E-state index contributed by atoms with van der Waals surface area (Å²) in [4.78, 5) is 28.9. The van der Waals surface area contributed by atoms with Crippen LogP contribution in [0.5, 0.6) is 5.75 Å². The second-order valence-electron chi connectivity index (χ2n) is 10.5. The van der Waals surface area contributed by atoms with Crippen molar-refractivity contribution in [2.24, 2.45) is 0 Å². The van der Waals surface area contributed by atoms with Gasteiger partial charge in [0.05, 0.1) is 29.5 Å². The van der Waals surface area contributed by atoms with Crippen LogP contribution in [0.25, 0.3) is 16.9 Å². The van der Waals surface area contributed by atoms with Gasteiger partial charge in [-0.1, -0.05) is 66.7 Å². The van der Waals surface area contributed by atoms with E-state index in [-0.39, 0.29) is 41.7 Å². The maximum atomic E-state index is 13.9. The van der Waals surface area contributed by atoms with Gasteiger partial charge in [-0.2, -0.15) is 5.10 Å². The Bertz CT molecular complexity index is 1790. The van der Waals surface area contributed by atoms with E-state index >= 15 is 0 Å². The van der Waals surface area contributed by atoms with Crippen molar-refractivity contribution in [3.63, 3.8) is 0 Å². The summed E-state index contributed by atoms with van der Waals surface area (Å²) in [6, 6.07) is 31.5. The number of hydrogen-bond donors (Lipinski definition) is 1. The Morgan fingerprint density at radius 3 is 2.39 bits per heavy atom. The molecule has 222 valence electrons. The van der Waals surface area contributed by atoms with Gasteiger partial charge in [0.15, 0.2) is 0 Å². The number of fused-ring (bicyclic) bond motifs is 1. The summed E-state index contributed by atoms with van der Waals surface area (Å²) >= 11 is 1.54. The van der Waals surface area contributed by atoms with Crippen LogP contribution in [0, 0.1) is 12.7 Å². The number of nitrogens with one attached hydrogen (secondary N) is 1. The lowest BCUT2D eigenvalue weighted by Gasteiger charge is -2.23. The third-order valence-electron chi connectivity index (χ3n) is 7.63. The van der Waals surface area contributed by atoms with E-state index in [2.05, 4.69) is 24.4 Å². The number of halogens is 1. The summed E-state index contributed by atoms with van der Waals surface area (Å²) in [6.07, 6.45) is 0. The van der Waals surface area contributed by atoms with E-state index in [4.69, 9.17) is 9.84 Å². The standard InChI is InChI=1S/C35H31FN4O3S/c1-23-8-6-7-11-29(23)34-32-33(25-9-4-3-5-10-25)38-40(27-16-18-28(43-2)19-17-27)35(32)39(31(42)22-44-34)21-30(41)37-20-24-12-14-26(36)15-13-24/h3-19,34H,20-22H2,1-2H3,(H,37,41). The Morgan fingerprint density at radius 1 is 0.977 bits per heavy atom. The summed E-state index contributed by atoms with van der Waals surface area (Å²) in [7, 11) is 1.61. The lowest BCUT2D eigenvalue weighted by atomic mass is 9.97. The SMILES string of the molecule is COc1ccc(-n2nc(-c3ccccc3)c3c2N(CC(=O)NCc2ccc(F)cc2)C(=O)CSC3c2ccccc2C)cc1. The number of amides is 2. The highest BCUT2D eigenvalue weighted by molar-refractivity contribution is 8.00. The lowest BCUT2D eigenvalue weighted by Crippen LogP contribution is -2.42. The molecule has 5 aromatic rings. The van der Waals surface area contributed by atoms with E-state index in [9.17, 15) is 14.0 Å². The van der Waals surface area contributed by atoms with Crippen LogP contribution in [0.4, 0.5) is 10.2 Å². The number of nitrogens with zero attached hydrogens (tertiary/aromatic N) is 3. The first-order valence-electron chi connectivity index (χ1n) is 14.2. The number of ether oxygens (including phenoxy) is 1. The van der Waals surface area contributed by atoms with E-state index in [1.807, 2.05) is 66.7 Å². The monoisotopic (exact) mass is 606 g/mol. The molecule has 9 heteroatoms. The van der Waals surface area contributed by atoms with Crippen molar-refractivity contribution < 1.29 is 18.7 Å². The molecule has 1 aromatic heterocycles. The molecule has 0 fully saturated rings. The Hall–Kier alpha value is -4.89. The van der Waals surface area contributed by atoms with Crippen molar-refractivity contribution in [3.05, 3.63) is 131 Å². The number of rotatable bonds is 8. The molecular weight excluding hydrogens is 575 g/mol. The van der Waals surface area contributed by atoms with Gasteiger partial charge in [0.2, 0.25) is 11.8 Å². The molecule has 0 bridgehead atoms. The van der Waals surface area contributed by atoms with Crippen LogP contribution < -0.4 is 15.0 Å². The van der Waals surface area contributed by atoms with E-state index in [1.165, 1.54) is 23.9 Å². The van der Waals surface area contributed by atoms with E-state index in [0.717, 1.165) is 39.2 Å². The van der Waals surface area contributed by atoms with Gasteiger partial charge in [0, 0.05) is 17.7 Å². The predicted molar refractivity (Wildman–Crippen MR) is 172 cm³/mol. The molecule has 0 saturated carbocycles. The lowest BCUT2D eigenvalue weighted by molar-refractivity contribution is -0.123. The van der Waals surface area contributed by atoms with Gasteiger partial charge in [-0.15, -0.1) is 11.8 Å². The van der Waals surface area contributed by atoms with Crippen LogP contribution in [-0.2, 0) is 16.1 Å². The summed E-state index contributed by atoms with van der Waals surface area (Å²) in [5, 5.41) is 7.81. The van der Waals surface area contributed by atoms with Gasteiger partial charge in [-0.3, -0.25) is 14.5 Å². The molecule has 1 aliphatic heterocycles. The zero-order chi connectivity index (χ0) is 30.6. The fourth-order valence-corrected chi connectivity index (χ4v) is 6.65. The van der Waals surface area contributed by atoms with Crippen LogP contribution >= 0.6 is 11.8 Å². The largest absolute Gasteiger partial charge is 0.497 e. The minimum atomic E-state index is -0.343. The number of thioether (sulfide) groups is 1. The van der Waals surface area contributed by atoms with Crippen LogP contribution in [-0.4, -0.2) is 41.0 Å². The van der Waals surface area contributed by atoms with Crippen molar-refractivity contribution >= 4 is 29.4 Å². The summed E-state index contributed by atoms with van der Waals surface area (Å²) < 4.78 is 20.5. The minimum Gasteiger partial charge on any atom is -0.497 e. The number of carbonyl (C=O) groups excluding carboxylic acids is 2. The number of aromatic nitrogens is 2. The molecule has 7 nitrogen and oxygen atoms in total. The maximum absolute atomic E-state index is 13.9. The molecule has 1 unspecified atom stereocenters. The molecule has 4 aromatic carbocycles. The molecular formula is C35H31FN4O3S. The normalized spacial score (nSPS) is 14.6. The molecule has 0 aliphatic carbocycles. The van der Waals surface area contributed by atoms with Crippen molar-refractivity contribution in [1.29, 1.82) is 0 Å². The average molecular weight is 607 g/mol. The number of anilines is 1. The first-order chi connectivity index (χ1) is 21.4. The third kappa shape index (κ3) is 5.96. The minimum absolute atomic E-state index is 0.176. The number of benzene rings is 4. The third-order valence-corrected chi connectivity index (χ3v) is 8.87. The van der Waals surface area contributed by atoms with Crippen molar-refractivity contribution in [2.45, 2.75) is 18.7 Å². The summed E-state index contributed by atoms with van der Waals surface area (Å²) in [5.41, 5.74) is 6.18. The molecule has 0 spiro atoms. The second-order valence-corrected chi connectivity index (χ2v) is 11.6. The molecule has 0 radical (unpaired) electrons. The molecule has 2 amide bonds. The fourth-order valence-electron chi connectivity index (χ4n) is 5.36. The molecule has 44 heavy (non-hydrogen) atoms. The first-order valence-corrected chi connectivity index (χ1v) is 15.3. The maximum Gasteiger partial charge on any atom is 0.240 e. The Balaban J connectivity index is 1.50. The molecule has 1 N–H and O–H groups in total. The molecule has 1 atom stereocenters. The highest BCUT2D eigenvalue weighted by Gasteiger charge is 2.38. The quantitative estimate of drug-likeness (QED) is 0.219. The van der Waals surface area contributed by atoms with Gasteiger partial charge in [-0.25, -0.2) is 9.07 Å². The molecule has 0 saturated heterocycles. The number of methoxy groups -OCH3 is 1. The Labute approximate surface area is 259 Å². The van der Waals surface area contributed by atoms with Crippen LogP contribution in [0.15, 0.2) is 103 Å². The molecule has 1 aliphatic rings. The molecule has 2 heterocycles. The van der Waals surface area contributed by atoms with Crippen molar-refractivity contribution in [2.75, 3.05) is 24.3 Å². The number of carbonyl (C=O) groups is 2. The topological polar surface area (TPSA) is 76.5 Å². The van der Waals surface area contributed by atoms with Gasteiger partial charge >= 0.3 is 0 Å². The summed E-state index contributed by atoms with van der Waals surface area (Å²) in [6.45, 7) is 2.07. The zero-order valence-electron chi connectivity index (χ0n) is 24.4. The number of hydrogen-bond acceptors (Lipinski definition) is 5. The van der Waals surface area contributed by atoms with Crippen LogP contribution in [0.3, 0.4) is 0 Å². The zero-order valence-corrected chi connectivity index (χ0v) is 25.2. The smallest absolute Gasteiger partial charge is 0.240 e. The van der Waals surface area contributed by atoms with E-state index in [0.29, 0.717) is 11.6 Å². The number of aryl methyl sites for hydroxylation is 1. The van der Waals surface area contributed by atoms with Gasteiger partial charge in [0.25, 0.3) is 0 Å². The van der Waals surface area contributed by atoms with Gasteiger partial charge < -0.3 is 10.1 Å². The second kappa shape index (κ2) is 12.8. The highest BCUT2D eigenvalue weighted by atomic mass is 32.2. The first kappa shape index (κ1) is 29.2. The highest BCUT2D eigenvalue weighted by Crippen LogP contribution is 2.49. The van der Waals surface area contributed by atoms with Crippen molar-refractivity contribution in [1.82, 2.24) is 15.1 Å². The van der Waals surface area contributed by atoms with Crippen LogP contribution in [0.1, 0.15) is 27.5 Å². The Kier molecular flexibility index (Phi) is 8.47. The fraction of sp³-hybridized carbons (Fsp3) is 0.171. The van der Waals surface area contributed by atoms with E-state index in [1.54, 1.807) is 28.8 Å². The van der Waals surface area contributed by atoms with Crippen LogP contribution in [0.2, 0.25) is 0 Å². The Morgan fingerprint density at radius 2 is 1.68 bits per heavy atom. The van der Waals surface area contributed by atoms with Crippen molar-refractivity contribution in [3.8, 4) is 22.7 Å². The van der Waals surface area contributed by atoms with E-state index < -0.39 is 0 Å². The van der Waals surface area contributed by atoms with Gasteiger partial charge in [0.1, 0.15) is 23.9 Å². The molecule has 6 rings (SSSR count).